The Hall–Kier alpha value is -1.30. The van der Waals surface area contributed by atoms with Gasteiger partial charge in [-0.05, 0) is 27.7 Å². The highest BCUT2D eigenvalue weighted by molar-refractivity contribution is 5.76. The van der Waals surface area contributed by atoms with Gasteiger partial charge in [0.1, 0.15) is 0 Å². The molecule has 1 aliphatic heterocycles. The molecule has 0 spiro atoms. The van der Waals surface area contributed by atoms with Crippen molar-refractivity contribution in [2.45, 2.75) is 39.8 Å². The number of rotatable bonds is 4. The molecule has 2 unspecified atom stereocenters. The summed E-state index contributed by atoms with van der Waals surface area (Å²) in [5.41, 5.74) is 0. The topological polar surface area (TPSA) is 72.9 Å². The third kappa shape index (κ3) is 4.38. The summed E-state index contributed by atoms with van der Waals surface area (Å²) in [6.45, 7) is 10.7. The number of nitrogens with zero attached hydrogens (tertiary/aromatic N) is 2. The zero-order valence-corrected chi connectivity index (χ0v) is 12.2. The molecule has 110 valence electrons. The lowest BCUT2D eigenvalue weighted by atomic mass is 10.0. The Morgan fingerprint density at radius 1 is 1.05 bits per heavy atom. The minimum atomic E-state index is -0.891. The van der Waals surface area contributed by atoms with Crippen molar-refractivity contribution in [2.24, 2.45) is 5.92 Å². The molecule has 0 aliphatic carbocycles. The summed E-state index contributed by atoms with van der Waals surface area (Å²) in [6.07, 6.45) is 0. The van der Waals surface area contributed by atoms with Gasteiger partial charge in [0.05, 0.1) is 5.92 Å². The first-order valence-corrected chi connectivity index (χ1v) is 6.85. The van der Waals surface area contributed by atoms with Crippen molar-refractivity contribution in [2.75, 3.05) is 26.2 Å². The predicted molar refractivity (Wildman–Crippen MR) is 73.1 cm³/mol. The normalized spacial score (nSPS) is 20.2. The molecule has 2 amide bonds. The molecule has 19 heavy (non-hydrogen) atoms. The van der Waals surface area contributed by atoms with E-state index in [-0.39, 0.29) is 12.1 Å². The number of hydrogen-bond acceptors (Lipinski definition) is 3. The number of aliphatic carboxylic acids is 1. The number of urea groups is 1. The Morgan fingerprint density at radius 3 is 2.00 bits per heavy atom. The van der Waals surface area contributed by atoms with E-state index in [4.69, 9.17) is 5.11 Å². The fourth-order valence-electron chi connectivity index (χ4n) is 2.07. The van der Waals surface area contributed by atoms with Crippen LogP contribution in [0.25, 0.3) is 0 Å². The van der Waals surface area contributed by atoms with E-state index in [9.17, 15) is 9.59 Å². The highest BCUT2D eigenvalue weighted by Crippen LogP contribution is 2.08. The van der Waals surface area contributed by atoms with Crippen LogP contribution in [0.15, 0.2) is 0 Å². The Labute approximate surface area is 114 Å². The third-order valence-corrected chi connectivity index (χ3v) is 3.82. The quantitative estimate of drug-likeness (QED) is 0.794. The lowest BCUT2D eigenvalue weighted by Gasteiger charge is -2.37. The van der Waals surface area contributed by atoms with Crippen LogP contribution in [0.1, 0.15) is 27.7 Å². The van der Waals surface area contributed by atoms with Crippen LogP contribution in [-0.4, -0.2) is 65.2 Å². The largest absolute Gasteiger partial charge is 0.481 e. The zero-order chi connectivity index (χ0) is 14.6. The Balaban J connectivity index is 2.41. The SMILES string of the molecule is CC(NC(=O)N1CCN(C(C)C)CC1)C(C)C(=O)O. The Bertz CT molecular complexity index is 325. The number of piperazine rings is 1. The lowest BCUT2D eigenvalue weighted by Crippen LogP contribution is -2.55. The molecule has 0 saturated carbocycles. The number of carbonyl (C=O) groups is 2. The minimum Gasteiger partial charge on any atom is -0.481 e. The predicted octanol–water partition coefficient (Wildman–Crippen LogP) is 0.831. The second-order valence-electron chi connectivity index (χ2n) is 5.48. The minimum absolute atomic E-state index is 0.163. The fraction of sp³-hybridized carbons (Fsp3) is 0.846. The van der Waals surface area contributed by atoms with Gasteiger partial charge in [-0.25, -0.2) is 4.79 Å². The van der Waals surface area contributed by atoms with Gasteiger partial charge < -0.3 is 15.3 Å². The van der Waals surface area contributed by atoms with Crippen LogP contribution in [0.2, 0.25) is 0 Å². The van der Waals surface area contributed by atoms with Gasteiger partial charge in [0.15, 0.2) is 0 Å². The lowest BCUT2D eigenvalue weighted by molar-refractivity contribution is -0.141. The molecule has 0 aromatic heterocycles. The van der Waals surface area contributed by atoms with E-state index in [1.807, 2.05) is 0 Å². The molecule has 0 aromatic rings. The van der Waals surface area contributed by atoms with Gasteiger partial charge in [-0.1, -0.05) is 0 Å². The molecule has 1 fully saturated rings. The molecule has 1 heterocycles. The monoisotopic (exact) mass is 271 g/mol. The molecule has 0 bridgehead atoms. The van der Waals surface area contributed by atoms with Gasteiger partial charge in [-0.2, -0.15) is 0 Å². The number of carboxylic acids is 1. The van der Waals surface area contributed by atoms with Crippen molar-refractivity contribution in [1.29, 1.82) is 0 Å². The van der Waals surface area contributed by atoms with E-state index < -0.39 is 11.9 Å². The maximum atomic E-state index is 12.0. The average Bonchev–Trinajstić information content (AvgIpc) is 2.37. The zero-order valence-electron chi connectivity index (χ0n) is 12.2. The third-order valence-electron chi connectivity index (χ3n) is 3.82. The van der Waals surface area contributed by atoms with Gasteiger partial charge in [0.25, 0.3) is 0 Å². The first kappa shape index (κ1) is 15.8. The molecular weight excluding hydrogens is 246 g/mol. The van der Waals surface area contributed by atoms with Gasteiger partial charge in [0.2, 0.25) is 0 Å². The van der Waals surface area contributed by atoms with Crippen molar-refractivity contribution < 1.29 is 14.7 Å². The summed E-state index contributed by atoms with van der Waals surface area (Å²) in [5.74, 6) is -1.47. The summed E-state index contributed by atoms with van der Waals surface area (Å²) in [6, 6.07) is -0.0340. The smallest absolute Gasteiger partial charge is 0.317 e. The number of amides is 2. The van der Waals surface area contributed by atoms with E-state index in [0.717, 1.165) is 13.1 Å². The molecule has 1 aliphatic rings. The molecule has 0 aromatic carbocycles. The van der Waals surface area contributed by atoms with E-state index in [1.54, 1.807) is 18.7 Å². The number of hydrogen-bond donors (Lipinski definition) is 2. The van der Waals surface area contributed by atoms with E-state index in [1.165, 1.54) is 0 Å². The van der Waals surface area contributed by atoms with Gasteiger partial charge in [-0.15, -0.1) is 0 Å². The van der Waals surface area contributed by atoms with Crippen molar-refractivity contribution in [3.05, 3.63) is 0 Å². The standard InChI is InChI=1S/C13H25N3O3/c1-9(2)15-5-7-16(8-6-15)13(19)14-11(4)10(3)12(17)18/h9-11H,5-8H2,1-4H3,(H,14,19)(H,17,18). The van der Waals surface area contributed by atoms with Crippen LogP contribution in [0.5, 0.6) is 0 Å². The van der Waals surface area contributed by atoms with E-state index >= 15 is 0 Å². The number of carboxylic acid groups (broad SMARTS) is 1. The van der Waals surface area contributed by atoms with Crippen LogP contribution in [-0.2, 0) is 4.79 Å². The van der Waals surface area contributed by atoms with Crippen molar-refractivity contribution >= 4 is 12.0 Å². The highest BCUT2D eigenvalue weighted by atomic mass is 16.4. The number of nitrogens with one attached hydrogen (secondary N) is 1. The first-order chi connectivity index (χ1) is 8.82. The molecule has 0 radical (unpaired) electrons. The maximum Gasteiger partial charge on any atom is 0.317 e. The second kappa shape index (κ2) is 6.75. The summed E-state index contributed by atoms with van der Waals surface area (Å²) >= 11 is 0. The second-order valence-corrected chi connectivity index (χ2v) is 5.48. The van der Waals surface area contributed by atoms with Gasteiger partial charge in [-0.3, -0.25) is 9.69 Å². The molecule has 1 saturated heterocycles. The average molecular weight is 271 g/mol. The molecule has 6 heteroatoms. The Kier molecular flexibility index (Phi) is 5.60. The van der Waals surface area contributed by atoms with E-state index in [0.29, 0.717) is 19.1 Å². The van der Waals surface area contributed by atoms with Crippen LogP contribution >= 0.6 is 0 Å². The summed E-state index contributed by atoms with van der Waals surface area (Å²) in [5, 5.41) is 11.7. The molecule has 2 atom stereocenters. The summed E-state index contributed by atoms with van der Waals surface area (Å²) in [4.78, 5) is 26.9. The summed E-state index contributed by atoms with van der Waals surface area (Å²) < 4.78 is 0. The van der Waals surface area contributed by atoms with E-state index in [2.05, 4.69) is 24.1 Å². The van der Waals surface area contributed by atoms with Gasteiger partial charge >= 0.3 is 12.0 Å². The maximum absolute atomic E-state index is 12.0. The van der Waals surface area contributed by atoms with Gasteiger partial charge in [0, 0.05) is 38.3 Å². The van der Waals surface area contributed by atoms with Crippen molar-refractivity contribution in [3.8, 4) is 0 Å². The molecule has 2 N–H and O–H groups in total. The van der Waals surface area contributed by atoms with Crippen LogP contribution in [0.3, 0.4) is 0 Å². The van der Waals surface area contributed by atoms with Crippen molar-refractivity contribution in [3.63, 3.8) is 0 Å². The molecule has 1 rings (SSSR count). The van der Waals surface area contributed by atoms with Crippen LogP contribution < -0.4 is 5.32 Å². The molecule has 6 nitrogen and oxygen atoms in total. The molecular formula is C13H25N3O3. The highest BCUT2D eigenvalue weighted by Gasteiger charge is 2.26. The first-order valence-electron chi connectivity index (χ1n) is 6.85. The summed E-state index contributed by atoms with van der Waals surface area (Å²) in [7, 11) is 0. The van der Waals surface area contributed by atoms with Crippen LogP contribution in [0, 0.1) is 5.92 Å². The Morgan fingerprint density at radius 2 is 1.58 bits per heavy atom. The van der Waals surface area contributed by atoms with Crippen molar-refractivity contribution in [1.82, 2.24) is 15.1 Å². The fourth-order valence-corrected chi connectivity index (χ4v) is 2.07. The van der Waals surface area contributed by atoms with Crippen LogP contribution in [0.4, 0.5) is 4.79 Å². The number of carbonyl (C=O) groups excluding carboxylic acids is 1.